The summed E-state index contributed by atoms with van der Waals surface area (Å²) >= 11 is 12.2. The summed E-state index contributed by atoms with van der Waals surface area (Å²) in [7, 11) is 0. The van der Waals surface area contributed by atoms with Crippen LogP contribution >= 0.6 is 23.2 Å². The van der Waals surface area contributed by atoms with E-state index in [9.17, 15) is 9.59 Å². The average Bonchev–Trinajstić information content (AvgIpc) is 3.00. The van der Waals surface area contributed by atoms with Crippen molar-refractivity contribution in [1.29, 1.82) is 0 Å². The van der Waals surface area contributed by atoms with Crippen molar-refractivity contribution in [2.45, 2.75) is 25.7 Å². The molecule has 4 N–H and O–H groups in total. The minimum absolute atomic E-state index is 0.0495. The Balaban J connectivity index is 1.15. The number of hydrogen-bond donors (Lipinski definition) is 4. The summed E-state index contributed by atoms with van der Waals surface area (Å²) in [5.41, 5.74) is 5.15. The predicted octanol–water partition coefficient (Wildman–Crippen LogP) is 6.65. The standard InChI is InChI=1S/C30H28Cl2N8O2/c31-24-17-34-29-36-21-3-1-2-18(14-21)4-5-20-15-22(35-27(24)39-29)6-8-25(20)38-28(41)19-10-12-40(13-11-19)30(42)37-23-7-9-26(32)33-16-23/h1-3,6-9,14-17,19H,4-5,10-13H2,(H,37,42)(H,38,41)(H2,34,35,36,39). The van der Waals surface area contributed by atoms with Gasteiger partial charge in [0, 0.05) is 36.1 Å². The van der Waals surface area contributed by atoms with Crippen LogP contribution in [0, 0.1) is 5.92 Å². The van der Waals surface area contributed by atoms with E-state index >= 15 is 0 Å². The monoisotopic (exact) mass is 602 g/mol. The van der Waals surface area contributed by atoms with E-state index in [4.69, 9.17) is 23.2 Å². The van der Waals surface area contributed by atoms with Crippen LogP contribution in [0.4, 0.5) is 39.3 Å². The first-order chi connectivity index (χ1) is 20.4. The van der Waals surface area contributed by atoms with Crippen molar-refractivity contribution >= 4 is 69.7 Å². The predicted molar refractivity (Wildman–Crippen MR) is 165 cm³/mol. The molecular formula is C30H28Cl2N8O2. The van der Waals surface area contributed by atoms with Gasteiger partial charge in [0.2, 0.25) is 11.9 Å². The van der Waals surface area contributed by atoms with E-state index in [1.165, 1.54) is 6.20 Å². The van der Waals surface area contributed by atoms with Gasteiger partial charge in [0.05, 0.1) is 18.1 Å². The molecule has 0 unspecified atom stereocenters. The van der Waals surface area contributed by atoms with Crippen LogP contribution in [0.5, 0.6) is 0 Å². The largest absolute Gasteiger partial charge is 0.339 e. The van der Waals surface area contributed by atoms with Crippen LogP contribution in [-0.2, 0) is 17.6 Å². The summed E-state index contributed by atoms with van der Waals surface area (Å²) in [6.07, 6.45) is 5.70. The molecule has 2 aromatic heterocycles. The van der Waals surface area contributed by atoms with Gasteiger partial charge >= 0.3 is 6.03 Å². The van der Waals surface area contributed by atoms with E-state index in [-0.39, 0.29) is 17.9 Å². The molecule has 42 heavy (non-hydrogen) atoms. The molecule has 0 aliphatic carbocycles. The number of amides is 3. The van der Waals surface area contributed by atoms with E-state index in [0.717, 1.165) is 34.6 Å². The molecule has 0 atom stereocenters. The first-order valence-corrected chi connectivity index (χ1v) is 14.4. The number of urea groups is 1. The van der Waals surface area contributed by atoms with Gasteiger partial charge in [0.15, 0.2) is 5.82 Å². The molecule has 4 heterocycles. The van der Waals surface area contributed by atoms with Crippen LogP contribution in [0.25, 0.3) is 0 Å². The normalized spacial score (nSPS) is 14.8. The maximum atomic E-state index is 13.4. The highest BCUT2D eigenvalue weighted by Crippen LogP contribution is 2.30. The van der Waals surface area contributed by atoms with Gasteiger partial charge in [-0.1, -0.05) is 35.3 Å². The van der Waals surface area contributed by atoms with Gasteiger partial charge < -0.3 is 26.2 Å². The second-order valence-corrected chi connectivity index (χ2v) is 11.1. The fraction of sp³-hybridized carbons (Fsp3) is 0.233. The number of benzene rings is 2. The minimum Gasteiger partial charge on any atom is -0.339 e. The Hall–Kier alpha value is -4.41. The van der Waals surface area contributed by atoms with Gasteiger partial charge in [-0.3, -0.25) is 4.79 Å². The molecule has 4 aromatic rings. The number of piperidine rings is 1. The lowest BCUT2D eigenvalue weighted by molar-refractivity contribution is -0.121. The van der Waals surface area contributed by atoms with E-state index in [2.05, 4.69) is 48.4 Å². The van der Waals surface area contributed by atoms with Crippen molar-refractivity contribution in [2.24, 2.45) is 5.92 Å². The lowest BCUT2D eigenvalue weighted by Crippen LogP contribution is -2.43. The summed E-state index contributed by atoms with van der Waals surface area (Å²) in [5, 5.41) is 13.3. The highest BCUT2D eigenvalue weighted by molar-refractivity contribution is 6.33. The summed E-state index contributed by atoms with van der Waals surface area (Å²) in [5.74, 6) is 0.668. The molecule has 1 fully saturated rings. The quantitative estimate of drug-likeness (QED) is 0.193. The third kappa shape index (κ3) is 6.56. The molecule has 6 rings (SSSR count). The Kier molecular flexibility index (Phi) is 8.07. The third-order valence-corrected chi connectivity index (χ3v) is 7.87. The van der Waals surface area contributed by atoms with Gasteiger partial charge in [0.25, 0.3) is 0 Å². The van der Waals surface area contributed by atoms with E-state index in [1.807, 2.05) is 30.3 Å². The van der Waals surface area contributed by atoms with Gasteiger partial charge in [-0.2, -0.15) is 4.98 Å². The zero-order valence-electron chi connectivity index (χ0n) is 22.5. The number of likely N-dealkylation sites (tertiary alicyclic amines) is 1. The molecule has 6 bridgehead atoms. The van der Waals surface area contributed by atoms with Gasteiger partial charge in [-0.05, 0) is 79.3 Å². The van der Waals surface area contributed by atoms with Crippen molar-refractivity contribution in [2.75, 3.05) is 34.4 Å². The fourth-order valence-corrected chi connectivity index (χ4v) is 5.35. The topological polar surface area (TPSA) is 124 Å². The lowest BCUT2D eigenvalue weighted by Gasteiger charge is -2.31. The highest BCUT2D eigenvalue weighted by atomic mass is 35.5. The van der Waals surface area contributed by atoms with Crippen molar-refractivity contribution in [3.8, 4) is 0 Å². The Morgan fingerprint density at radius 3 is 2.52 bits per heavy atom. The third-order valence-electron chi connectivity index (χ3n) is 7.37. The molecule has 10 nitrogen and oxygen atoms in total. The number of fused-ring (bicyclic) bond motifs is 6. The number of aryl methyl sites for hydroxylation is 2. The summed E-state index contributed by atoms with van der Waals surface area (Å²) in [4.78, 5) is 40.6. The Labute approximate surface area is 252 Å². The summed E-state index contributed by atoms with van der Waals surface area (Å²) < 4.78 is 0. The molecule has 12 heteroatoms. The Bertz CT molecular complexity index is 1620. The SMILES string of the molecule is O=C(Nc1ccc2cc1CCc1cccc(c1)Nc1ncc(Cl)c(n1)N2)C1CCN(C(=O)Nc2ccc(Cl)nc2)CC1. The van der Waals surface area contributed by atoms with Crippen LogP contribution < -0.4 is 21.3 Å². The molecular weight excluding hydrogens is 575 g/mol. The van der Waals surface area contributed by atoms with Gasteiger partial charge in [-0.15, -0.1) is 0 Å². The summed E-state index contributed by atoms with van der Waals surface area (Å²) in [6.45, 7) is 0.958. The maximum absolute atomic E-state index is 13.4. The second kappa shape index (κ2) is 12.2. The summed E-state index contributed by atoms with van der Waals surface area (Å²) in [6, 6.07) is 17.0. The molecule has 2 aliphatic heterocycles. The van der Waals surface area contributed by atoms with Crippen LogP contribution in [0.2, 0.25) is 10.2 Å². The number of nitrogens with one attached hydrogen (secondary N) is 4. The Morgan fingerprint density at radius 2 is 1.71 bits per heavy atom. The number of halogens is 2. The van der Waals surface area contributed by atoms with Crippen molar-refractivity contribution < 1.29 is 9.59 Å². The number of nitrogens with zero attached hydrogens (tertiary/aromatic N) is 4. The number of hydrogen-bond acceptors (Lipinski definition) is 7. The van der Waals surface area contributed by atoms with E-state index < -0.39 is 0 Å². The molecule has 3 amide bonds. The lowest BCUT2D eigenvalue weighted by atomic mass is 9.95. The maximum Gasteiger partial charge on any atom is 0.321 e. The first-order valence-electron chi connectivity index (χ1n) is 13.7. The highest BCUT2D eigenvalue weighted by Gasteiger charge is 2.28. The molecule has 0 radical (unpaired) electrons. The molecule has 0 spiro atoms. The van der Waals surface area contributed by atoms with Crippen LogP contribution in [0.1, 0.15) is 24.0 Å². The molecule has 0 saturated carbocycles. The Morgan fingerprint density at radius 1 is 0.881 bits per heavy atom. The number of aromatic nitrogens is 3. The van der Waals surface area contributed by atoms with Crippen molar-refractivity contribution in [3.63, 3.8) is 0 Å². The average molecular weight is 604 g/mol. The number of rotatable bonds is 3. The van der Waals surface area contributed by atoms with Crippen LogP contribution in [0.3, 0.4) is 0 Å². The zero-order valence-corrected chi connectivity index (χ0v) is 24.0. The fourth-order valence-electron chi connectivity index (χ4n) is 5.10. The molecule has 1 saturated heterocycles. The zero-order chi connectivity index (χ0) is 29.1. The number of pyridine rings is 1. The van der Waals surface area contributed by atoms with E-state index in [0.29, 0.717) is 60.0 Å². The smallest absolute Gasteiger partial charge is 0.321 e. The minimum atomic E-state index is -0.220. The number of carbonyl (C=O) groups excluding carboxylic acids is 2. The van der Waals surface area contributed by atoms with E-state index in [1.54, 1.807) is 23.2 Å². The van der Waals surface area contributed by atoms with Gasteiger partial charge in [0.1, 0.15) is 10.2 Å². The second-order valence-electron chi connectivity index (χ2n) is 10.3. The molecule has 214 valence electrons. The van der Waals surface area contributed by atoms with Crippen molar-refractivity contribution in [1.82, 2.24) is 19.9 Å². The number of carbonyl (C=O) groups is 2. The van der Waals surface area contributed by atoms with Gasteiger partial charge in [-0.25, -0.2) is 14.8 Å². The van der Waals surface area contributed by atoms with Crippen LogP contribution in [0.15, 0.2) is 67.0 Å². The first kappa shape index (κ1) is 27.7. The van der Waals surface area contributed by atoms with Crippen LogP contribution in [-0.4, -0.2) is 44.9 Å². The number of anilines is 6. The van der Waals surface area contributed by atoms with Crippen molar-refractivity contribution in [3.05, 3.63) is 88.3 Å². The molecule has 2 aliphatic rings. The molecule has 2 aromatic carbocycles.